The van der Waals surface area contributed by atoms with Crippen LogP contribution in [0.25, 0.3) is 11.4 Å². The van der Waals surface area contributed by atoms with Crippen LogP contribution in [0, 0.1) is 5.92 Å². The number of aromatic carboxylic acids is 1. The maximum absolute atomic E-state index is 11.3. The quantitative estimate of drug-likeness (QED) is 0.895. The summed E-state index contributed by atoms with van der Waals surface area (Å²) in [6, 6.07) is 3.72. The Bertz CT molecular complexity index is 619. The molecular formula is C14H15N3O2. The van der Waals surface area contributed by atoms with Crippen molar-refractivity contribution in [2.45, 2.75) is 26.3 Å². The molecule has 2 aromatic rings. The monoisotopic (exact) mass is 257 g/mol. The molecule has 0 radical (unpaired) electrons. The maximum Gasteiger partial charge on any atom is 0.356 e. The molecule has 3 heterocycles. The smallest absolute Gasteiger partial charge is 0.356 e. The lowest BCUT2D eigenvalue weighted by molar-refractivity contribution is 0.0689. The lowest BCUT2D eigenvalue weighted by Crippen LogP contribution is -2.19. The van der Waals surface area contributed by atoms with Gasteiger partial charge in [-0.3, -0.25) is 4.98 Å². The Hall–Kier alpha value is -2.17. The van der Waals surface area contributed by atoms with Crippen LogP contribution in [0.2, 0.25) is 0 Å². The third-order valence-corrected chi connectivity index (χ3v) is 3.58. The SMILES string of the molecule is CC1CCc2c(C(=O)O)nc(-c3ccncc3)n2C1. The summed E-state index contributed by atoms with van der Waals surface area (Å²) in [6.45, 7) is 3.01. The molecule has 2 aromatic heterocycles. The number of aromatic nitrogens is 3. The molecule has 3 rings (SSSR count). The van der Waals surface area contributed by atoms with E-state index in [0.29, 0.717) is 5.92 Å². The average Bonchev–Trinajstić information content (AvgIpc) is 2.78. The molecular weight excluding hydrogens is 242 g/mol. The molecule has 1 unspecified atom stereocenters. The zero-order valence-corrected chi connectivity index (χ0v) is 10.7. The zero-order valence-electron chi connectivity index (χ0n) is 10.7. The first-order chi connectivity index (χ1) is 9.16. The van der Waals surface area contributed by atoms with Crippen LogP contribution in [0.3, 0.4) is 0 Å². The average molecular weight is 257 g/mol. The Labute approximate surface area is 110 Å². The van der Waals surface area contributed by atoms with Gasteiger partial charge >= 0.3 is 5.97 Å². The van der Waals surface area contributed by atoms with Gasteiger partial charge in [0, 0.05) is 24.5 Å². The lowest BCUT2D eigenvalue weighted by atomic mass is 9.99. The fourth-order valence-corrected chi connectivity index (χ4v) is 2.62. The standard InChI is InChI=1S/C14H15N3O2/c1-9-2-3-11-12(14(18)19)16-13(17(11)8-9)10-4-6-15-7-5-10/h4-7,9H,2-3,8H2,1H3,(H,18,19). The van der Waals surface area contributed by atoms with Crippen molar-refractivity contribution in [1.29, 1.82) is 0 Å². The van der Waals surface area contributed by atoms with Crippen LogP contribution in [0.15, 0.2) is 24.5 Å². The highest BCUT2D eigenvalue weighted by Gasteiger charge is 2.26. The molecule has 1 atom stereocenters. The highest BCUT2D eigenvalue weighted by atomic mass is 16.4. The summed E-state index contributed by atoms with van der Waals surface area (Å²) in [7, 11) is 0. The molecule has 1 aliphatic heterocycles. The second-order valence-electron chi connectivity index (χ2n) is 5.03. The summed E-state index contributed by atoms with van der Waals surface area (Å²) >= 11 is 0. The van der Waals surface area contributed by atoms with Gasteiger partial charge in [0.2, 0.25) is 0 Å². The van der Waals surface area contributed by atoms with Crippen LogP contribution >= 0.6 is 0 Å². The summed E-state index contributed by atoms with van der Waals surface area (Å²) in [5.74, 6) is 0.337. The molecule has 19 heavy (non-hydrogen) atoms. The second-order valence-corrected chi connectivity index (χ2v) is 5.03. The number of imidazole rings is 1. The Morgan fingerprint density at radius 3 is 2.84 bits per heavy atom. The molecule has 0 aliphatic carbocycles. The molecule has 1 aliphatic rings. The first-order valence-corrected chi connectivity index (χ1v) is 6.40. The first kappa shape index (κ1) is 11.9. The van der Waals surface area contributed by atoms with Crippen LogP contribution < -0.4 is 0 Å². The molecule has 0 aromatic carbocycles. The second kappa shape index (κ2) is 4.50. The predicted octanol–water partition coefficient (Wildman–Crippen LogP) is 2.23. The summed E-state index contributed by atoms with van der Waals surface area (Å²) < 4.78 is 2.05. The van der Waals surface area contributed by atoms with E-state index >= 15 is 0 Å². The maximum atomic E-state index is 11.3. The van der Waals surface area contributed by atoms with E-state index in [2.05, 4.69) is 16.9 Å². The van der Waals surface area contributed by atoms with E-state index in [1.165, 1.54) is 0 Å². The van der Waals surface area contributed by atoms with Crippen molar-refractivity contribution in [3.63, 3.8) is 0 Å². The third-order valence-electron chi connectivity index (χ3n) is 3.58. The van der Waals surface area contributed by atoms with Gasteiger partial charge in [-0.1, -0.05) is 6.92 Å². The van der Waals surface area contributed by atoms with Gasteiger partial charge in [0.05, 0.1) is 5.69 Å². The number of fused-ring (bicyclic) bond motifs is 1. The molecule has 0 saturated carbocycles. The third kappa shape index (κ3) is 2.01. The van der Waals surface area contributed by atoms with Crippen molar-refractivity contribution in [3.8, 4) is 11.4 Å². The molecule has 0 bridgehead atoms. The lowest BCUT2D eigenvalue weighted by Gasteiger charge is -2.22. The molecule has 0 spiro atoms. The summed E-state index contributed by atoms with van der Waals surface area (Å²) in [5, 5.41) is 9.28. The normalized spacial score (nSPS) is 18.1. The Morgan fingerprint density at radius 1 is 1.42 bits per heavy atom. The van der Waals surface area contributed by atoms with Crippen LogP contribution in [-0.2, 0) is 13.0 Å². The van der Waals surface area contributed by atoms with Crippen molar-refractivity contribution in [2.75, 3.05) is 0 Å². The predicted molar refractivity (Wildman–Crippen MR) is 69.9 cm³/mol. The number of hydrogen-bond donors (Lipinski definition) is 1. The van der Waals surface area contributed by atoms with E-state index in [1.807, 2.05) is 16.7 Å². The van der Waals surface area contributed by atoms with E-state index in [9.17, 15) is 9.90 Å². The van der Waals surface area contributed by atoms with Gasteiger partial charge in [0.15, 0.2) is 5.69 Å². The number of hydrogen-bond acceptors (Lipinski definition) is 3. The molecule has 5 nitrogen and oxygen atoms in total. The minimum absolute atomic E-state index is 0.193. The fourth-order valence-electron chi connectivity index (χ4n) is 2.62. The Kier molecular flexibility index (Phi) is 2.81. The summed E-state index contributed by atoms with van der Waals surface area (Å²) in [6.07, 6.45) is 5.19. The number of pyridine rings is 1. The van der Waals surface area contributed by atoms with Gasteiger partial charge in [-0.15, -0.1) is 0 Å². The van der Waals surface area contributed by atoms with Crippen LogP contribution in [0.1, 0.15) is 29.5 Å². The minimum Gasteiger partial charge on any atom is -0.476 e. The number of rotatable bonds is 2. The van der Waals surface area contributed by atoms with E-state index in [0.717, 1.165) is 36.5 Å². The van der Waals surface area contributed by atoms with Crippen LogP contribution in [0.4, 0.5) is 0 Å². The molecule has 5 heteroatoms. The number of carboxylic acids is 1. The van der Waals surface area contributed by atoms with Crippen LogP contribution in [-0.4, -0.2) is 25.6 Å². The topological polar surface area (TPSA) is 68.0 Å². The molecule has 1 N–H and O–H groups in total. The van der Waals surface area contributed by atoms with Gasteiger partial charge in [-0.05, 0) is 30.9 Å². The summed E-state index contributed by atoms with van der Waals surface area (Å²) in [5.41, 5.74) is 1.95. The van der Waals surface area contributed by atoms with Crippen molar-refractivity contribution in [3.05, 3.63) is 35.9 Å². The largest absolute Gasteiger partial charge is 0.476 e. The molecule has 98 valence electrons. The number of carbonyl (C=O) groups is 1. The summed E-state index contributed by atoms with van der Waals surface area (Å²) in [4.78, 5) is 19.6. The fraction of sp³-hybridized carbons (Fsp3) is 0.357. The van der Waals surface area contributed by atoms with Crippen molar-refractivity contribution in [2.24, 2.45) is 5.92 Å². The van der Waals surface area contributed by atoms with E-state index in [1.54, 1.807) is 12.4 Å². The van der Waals surface area contributed by atoms with E-state index < -0.39 is 5.97 Å². The molecule has 0 fully saturated rings. The van der Waals surface area contributed by atoms with Crippen molar-refractivity contribution >= 4 is 5.97 Å². The van der Waals surface area contributed by atoms with Crippen molar-refractivity contribution in [1.82, 2.24) is 14.5 Å². The van der Waals surface area contributed by atoms with Gasteiger partial charge in [0.25, 0.3) is 0 Å². The van der Waals surface area contributed by atoms with E-state index in [-0.39, 0.29) is 5.69 Å². The van der Waals surface area contributed by atoms with Gasteiger partial charge in [0.1, 0.15) is 5.82 Å². The minimum atomic E-state index is -0.946. The van der Waals surface area contributed by atoms with Gasteiger partial charge in [-0.2, -0.15) is 0 Å². The number of carboxylic acid groups (broad SMARTS) is 1. The highest BCUT2D eigenvalue weighted by molar-refractivity contribution is 5.88. The zero-order chi connectivity index (χ0) is 13.4. The van der Waals surface area contributed by atoms with Crippen molar-refractivity contribution < 1.29 is 9.90 Å². The highest BCUT2D eigenvalue weighted by Crippen LogP contribution is 2.29. The van der Waals surface area contributed by atoms with E-state index in [4.69, 9.17) is 0 Å². The Morgan fingerprint density at radius 2 is 2.16 bits per heavy atom. The van der Waals surface area contributed by atoms with Crippen LogP contribution in [0.5, 0.6) is 0 Å². The first-order valence-electron chi connectivity index (χ1n) is 6.40. The molecule has 0 amide bonds. The van der Waals surface area contributed by atoms with Gasteiger partial charge < -0.3 is 9.67 Å². The molecule has 0 saturated heterocycles. The van der Waals surface area contributed by atoms with Gasteiger partial charge in [-0.25, -0.2) is 9.78 Å². The Balaban J connectivity index is 2.17. The number of nitrogens with zero attached hydrogens (tertiary/aromatic N) is 3.